The van der Waals surface area contributed by atoms with E-state index in [9.17, 15) is 0 Å². The second-order valence-corrected chi connectivity index (χ2v) is 3.12. The quantitative estimate of drug-likeness (QED) is 0.727. The van der Waals surface area contributed by atoms with Crippen molar-refractivity contribution in [3.05, 3.63) is 17.5 Å². The molecule has 0 amide bonds. The number of aromatic nitrogens is 2. The number of nitrogens with zero attached hydrogens (tertiary/aromatic N) is 2. The average Bonchev–Trinajstić information content (AvgIpc) is 2.54. The van der Waals surface area contributed by atoms with Crippen LogP contribution in [-0.4, -0.2) is 16.3 Å². The van der Waals surface area contributed by atoms with Crippen LogP contribution in [0, 0.1) is 18.8 Å². The zero-order valence-electron chi connectivity index (χ0n) is 9.09. The first kappa shape index (κ1) is 10.8. The van der Waals surface area contributed by atoms with Gasteiger partial charge in [-0.05, 0) is 20.4 Å². The second-order valence-electron chi connectivity index (χ2n) is 3.12. The molecule has 0 aliphatic heterocycles. The third-order valence-electron chi connectivity index (χ3n) is 2.18. The monoisotopic (exact) mass is 191 g/mol. The van der Waals surface area contributed by atoms with Gasteiger partial charge in [-0.25, -0.2) is 0 Å². The van der Waals surface area contributed by atoms with Gasteiger partial charge in [-0.3, -0.25) is 4.68 Å². The molecule has 1 aromatic rings. The fraction of sp³-hybridized carbons (Fsp3) is 0.545. The van der Waals surface area contributed by atoms with Crippen molar-refractivity contribution in [1.82, 2.24) is 15.1 Å². The van der Waals surface area contributed by atoms with E-state index in [4.69, 9.17) is 0 Å². The summed E-state index contributed by atoms with van der Waals surface area (Å²) in [4.78, 5) is 0. The normalized spacial score (nSPS) is 9.64. The molecule has 0 saturated carbocycles. The summed E-state index contributed by atoms with van der Waals surface area (Å²) in [5, 5.41) is 7.57. The molecule has 0 aliphatic carbocycles. The molecule has 3 nitrogen and oxygen atoms in total. The molecule has 1 rings (SSSR count). The summed E-state index contributed by atoms with van der Waals surface area (Å²) in [7, 11) is 0. The molecule has 0 saturated heterocycles. The minimum absolute atomic E-state index is 0.689. The number of hydrogen-bond acceptors (Lipinski definition) is 2. The van der Waals surface area contributed by atoms with E-state index in [0.717, 1.165) is 13.1 Å². The molecule has 0 atom stereocenters. The molecule has 3 heteroatoms. The van der Waals surface area contributed by atoms with Crippen LogP contribution in [0.3, 0.4) is 0 Å². The molecule has 0 aromatic carbocycles. The smallest absolute Gasteiger partial charge is 0.102 e. The van der Waals surface area contributed by atoms with Gasteiger partial charge >= 0.3 is 0 Å². The first-order valence-corrected chi connectivity index (χ1v) is 4.91. The maximum atomic E-state index is 4.28. The molecular weight excluding hydrogens is 174 g/mol. The van der Waals surface area contributed by atoms with Crippen LogP contribution in [0.25, 0.3) is 0 Å². The Kier molecular flexibility index (Phi) is 4.21. The van der Waals surface area contributed by atoms with Gasteiger partial charge in [-0.2, -0.15) is 5.10 Å². The Labute approximate surface area is 85.5 Å². The highest BCUT2D eigenvalue weighted by Gasteiger charge is 2.03. The van der Waals surface area contributed by atoms with Crippen LogP contribution in [0.2, 0.25) is 0 Å². The third kappa shape index (κ3) is 2.61. The number of rotatable bonds is 4. The Balaban J connectivity index is 2.67. The van der Waals surface area contributed by atoms with E-state index in [2.05, 4.69) is 36.1 Å². The Hall–Kier alpha value is -1.27. The Morgan fingerprint density at radius 3 is 3.00 bits per heavy atom. The van der Waals surface area contributed by atoms with Crippen LogP contribution in [0.15, 0.2) is 6.20 Å². The molecule has 0 aliphatic rings. The summed E-state index contributed by atoms with van der Waals surface area (Å²) >= 11 is 0. The van der Waals surface area contributed by atoms with E-state index in [-0.39, 0.29) is 0 Å². The van der Waals surface area contributed by atoms with Crippen LogP contribution in [0.4, 0.5) is 0 Å². The van der Waals surface area contributed by atoms with Crippen molar-refractivity contribution in [3.63, 3.8) is 0 Å². The minimum Gasteiger partial charge on any atom is -0.313 e. The van der Waals surface area contributed by atoms with Gasteiger partial charge in [0.1, 0.15) is 6.54 Å². The van der Waals surface area contributed by atoms with E-state index >= 15 is 0 Å². The van der Waals surface area contributed by atoms with Crippen molar-refractivity contribution in [2.75, 3.05) is 6.54 Å². The van der Waals surface area contributed by atoms with Gasteiger partial charge in [-0.15, -0.1) is 5.92 Å². The third-order valence-corrected chi connectivity index (χ3v) is 2.18. The van der Waals surface area contributed by atoms with Gasteiger partial charge in [0.25, 0.3) is 0 Å². The summed E-state index contributed by atoms with van der Waals surface area (Å²) in [6.07, 6.45) is 1.91. The number of hydrogen-bond donors (Lipinski definition) is 1. The van der Waals surface area contributed by atoms with E-state index in [0.29, 0.717) is 6.54 Å². The molecule has 1 heterocycles. The van der Waals surface area contributed by atoms with Crippen molar-refractivity contribution in [2.24, 2.45) is 0 Å². The van der Waals surface area contributed by atoms with E-state index in [1.165, 1.54) is 11.3 Å². The van der Waals surface area contributed by atoms with Crippen LogP contribution < -0.4 is 5.32 Å². The minimum atomic E-state index is 0.689. The fourth-order valence-corrected chi connectivity index (χ4v) is 1.23. The maximum Gasteiger partial charge on any atom is 0.102 e. The lowest BCUT2D eigenvalue weighted by Crippen LogP contribution is -2.12. The average molecular weight is 191 g/mol. The molecule has 0 fully saturated rings. The van der Waals surface area contributed by atoms with Gasteiger partial charge in [-0.1, -0.05) is 12.8 Å². The highest BCUT2D eigenvalue weighted by molar-refractivity contribution is 5.16. The predicted octanol–water partition coefficient (Wildman–Crippen LogP) is 1.32. The van der Waals surface area contributed by atoms with Crippen LogP contribution >= 0.6 is 0 Å². The highest BCUT2D eigenvalue weighted by atomic mass is 15.3. The van der Waals surface area contributed by atoms with Crippen molar-refractivity contribution >= 4 is 0 Å². The molecule has 1 aromatic heterocycles. The van der Waals surface area contributed by atoms with Crippen molar-refractivity contribution in [3.8, 4) is 11.8 Å². The molecule has 0 spiro atoms. The summed E-state index contributed by atoms with van der Waals surface area (Å²) in [6.45, 7) is 8.59. The summed E-state index contributed by atoms with van der Waals surface area (Å²) in [5.74, 6) is 5.87. The van der Waals surface area contributed by atoms with Crippen LogP contribution in [0.1, 0.15) is 25.1 Å². The molecule has 14 heavy (non-hydrogen) atoms. The molecular formula is C11H17N3. The lowest BCUT2D eigenvalue weighted by Gasteiger charge is -2.02. The van der Waals surface area contributed by atoms with E-state index < -0.39 is 0 Å². The lowest BCUT2D eigenvalue weighted by molar-refractivity contribution is 0.681. The summed E-state index contributed by atoms with van der Waals surface area (Å²) in [5.41, 5.74) is 2.46. The lowest BCUT2D eigenvalue weighted by atomic mass is 10.2. The van der Waals surface area contributed by atoms with Crippen molar-refractivity contribution < 1.29 is 0 Å². The van der Waals surface area contributed by atoms with Gasteiger partial charge in [0.15, 0.2) is 0 Å². The summed E-state index contributed by atoms with van der Waals surface area (Å²) in [6, 6.07) is 0. The van der Waals surface area contributed by atoms with E-state index in [1.807, 2.05) is 17.8 Å². The molecule has 1 N–H and O–H groups in total. The topological polar surface area (TPSA) is 29.9 Å². The number of nitrogens with one attached hydrogen (secondary N) is 1. The second kappa shape index (κ2) is 5.46. The van der Waals surface area contributed by atoms with Crippen molar-refractivity contribution in [2.45, 2.75) is 33.9 Å². The molecule has 76 valence electrons. The Morgan fingerprint density at radius 2 is 2.36 bits per heavy atom. The SMILES string of the molecule is CC#CCn1ncc(CNCC)c1C. The van der Waals surface area contributed by atoms with Gasteiger partial charge in [0.2, 0.25) is 0 Å². The zero-order chi connectivity index (χ0) is 10.4. The van der Waals surface area contributed by atoms with Crippen LogP contribution in [0.5, 0.6) is 0 Å². The first-order valence-electron chi connectivity index (χ1n) is 4.91. The highest BCUT2D eigenvalue weighted by Crippen LogP contribution is 2.05. The van der Waals surface area contributed by atoms with Crippen molar-refractivity contribution in [1.29, 1.82) is 0 Å². The molecule has 0 unspecified atom stereocenters. The van der Waals surface area contributed by atoms with Gasteiger partial charge < -0.3 is 5.32 Å². The fourth-order valence-electron chi connectivity index (χ4n) is 1.23. The van der Waals surface area contributed by atoms with Gasteiger partial charge in [0.05, 0.1) is 6.20 Å². The zero-order valence-corrected chi connectivity index (χ0v) is 9.09. The molecule has 0 bridgehead atoms. The first-order chi connectivity index (χ1) is 6.79. The maximum absolute atomic E-state index is 4.28. The van der Waals surface area contributed by atoms with E-state index in [1.54, 1.807) is 0 Å². The summed E-state index contributed by atoms with van der Waals surface area (Å²) < 4.78 is 1.93. The largest absolute Gasteiger partial charge is 0.313 e. The molecule has 0 radical (unpaired) electrons. The van der Waals surface area contributed by atoms with Crippen LogP contribution in [-0.2, 0) is 13.1 Å². The predicted molar refractivity (Wildman–Crippen MR) is 57.8 cm³/mol. The Bertz CT molecular complexity index is 341. The Morgan fingerprint density at radius 1 is 1.57 bits per heavy atom. The van der Waals surface area contributed by atoms with Gasteiger partial charge in [0, 0.05) is 17.8 Å². The standard InChI is InChI=1S/C11H17N3/c1-4-6-7-14-10(3)11(9-13-14)8-12-5-2/h9,12H,5,7-8H2,1-3H3.